The number of benzene rings is 1. The fourth-order valence-corrected chi connectivity index (χ4v) is 2.11. The summed E-state index contributed by atoms with van der Waals surface area (Å²) >= 11 is 3.38. The molecule has 0 amide bonds. The number of halogens is 1. The molecule has 0 saturated heterocycles. The molecule has 0 atom stereocenters. The zero-order valence-electron chi connectivity index (χ0n) is 11.4. The first-order chi connectivity index (χ1) is 10.7. The highest BCUT2D eigenvalue weighted by Gasteiger charge is 2.11. The van der Waals surface area contributed by atoms with Gasteiger partial charge in [0, 0.05) is 28.5 Å². The Labute approximate surface area is 135 Å². The van der Waals surface area contributed by atoms with E-state index in [1.165, 1.54) is 6.20 Å². The van der Waals surface area contributed by atoms with Gasteiger partial charge in [0.25, 0.3) is 0 Å². The molecule has 5 nitrogen and oxygen atoms in total. The predicted molar refractivity (Wildman–Crippen MR) is 83.0 cm³/mol. The average molecular weight is 359 g/mol. The Hall–Kier alpha value is -2.47. The van der Waals surface area contributed by atoms with E-state index in [2.05, 4.69) is 26.1 Å². The molecule has 0 aliphatic rings. The number of carbonyl (C=O) groups excluding carboxylic acids is 1. The summed E-state index contributed by atoms with van der Waals surface area (Å²) in [6, 6.07) is 12.8. The van der Waals surface area contributed by atoms with Gasteiger partial charge < -0.3 is 9.26 Å². The standard InChI is InChI=1S/C16H11BrN2O3/c17-13-5-3-11(4-6-13)15-8-14(22-19-15)10-21-16(20)12-2-1-7-18-9-12/h1-9H,10H2. The summed E-state index contributed by atoms with van der Waals surface area (Å²) in [6.45, 7) is 0.0251. The molecule has 0 aliphatic carbocycles. The van der Waals surface area contributed by atoms with E-state index in [1.54, 1.807) is 24.4 Å². The number of aromatic nitrogens is 2. The molecule has 6 heteroatoms. The molecule has 1 aromatic carbocycles. The van der Waals surface area contributed by atoms with Crippen LogP contribution in [0, 0.1) is 0 Å². The van der Waals surface area contributed by atoms with Crippen LogP contribution in [0.1, 0.15) is 16.1 Å². The van der Waals surface area contributed by atoms with E-state index >= 15 is 0 Å². The molecule has 0 saturated carbocycles. The summed E-state index contributed by atoms with van der Waals surface area (Å²) in [5.41, 5.74) is 2.02. The highest BCUT2D eigenvalue weighted by atomic mass is 79.9. The minimum Gasteiger partial charge on any atom is -0.454 e. The van der Waals surface area contributed by atoms with E-state index in [9.17, 15) is 4.79 Å². The maximum atomic E-state index is 11.8. The number of esters is 1. The second kappa shape index (κ2) is 6.53. The molecule has 2 heterocycles. The number of ether oxygens (including phenoxy) is 1. The number of hydrogen-bond acceptors (Lipinski definition) is 5. The van der Waals surface area contributed by atoms with Crippen molar-refractivity contribution in [1.82, 2.24) is 10.1 Å². The quantitative estimate of drug-likeness (QED) is 0.662. The normalized spacial score (nSPS) is 10.4. The minimum absolute atomic E-state index is 0.0251. The molecule has 0 radical (unpaired) electrons. The molecule has 0 aliphatic heterocycles. The number of carbonyl (C=O) groups is 1. The summed E-state index contributed by atoms with van der Waals surface area (Å²) in [7, 11) is 0. The Morgan fingerprint density at radius 1 is 1.23 bits per heavy atom. The van der Waals surface area contributed by atoms with Gasteiger partial charge in [-0.15, -0.1) is 0 Å². The monoisotopic (exact) mass is 358 g/mol. The van der Waals surface area contributed by atoms with Crippen LogP contribution in [0.25, 0.3) is 11.3 Å². The molecular weight excluding hydrogens is 348 g/mol. The van der Waals surface area contributed by atoms with Crippen LogP contribution in [0.15, 0.2) is 63.9 Å². The van der Waals surface area contributed by atoms with Crippen molar-refractivity contribution < 1.29 is 14.1 Å². The lowest BCUT2D eigenvalue weighted by atomic mass is 10.1. The Bertz CT molecular complexity index is 770. The highest BCUT2D eigenvalue weighted by molar-refractivity contribution is 9.10. The number of nitrogens with zero attached hydrogens (tertiary/aromatic N) is 2. The van der Waals surface area contributed by atoms with E-state index in [-0.39, 0.29) is 6.61 Å². The van der Waals surface area contributed by atoms with Crippen molar-refractivity contribution in [3.8, 4) is 11.3 Å². The van der Waals surface area contributed by atoms with E-state index in [1.807, 2.05) is 24.3 Å². The molecule has 22 heavy (non-hydrogen) atoms. The lowest BCUT2D eigenvalue weighted by Crippen LogP contribution is -2.04. The van der Waals surface area contributed by atoms with Crippen molar-refractivity contribution in [2.45, 2.75) is 6.61 Å². The molecule has 3 aromatic rings. The highest BCUT2D eigenvalue weighted by Crippen LogP contribution is 2.21. The van der Waals surface area contributed by atoms with Crippen molar-refractivity contribution >= 4 is 21.9 Å². The first kappa shape index (κ1) is 14.5. The van der Waals surface area contributed by atoms with Gasteiger partial charge in [-0.05, 0) is 24.3 Å². The van der Waals surface area contributed by atoms with Crippen molar-refractivity contribution in [3.63, 3.8) is 0 Å². The van der Waals surface area contributed by atoms with Gasteiger partial charge in [-0.2, -0.15) is 0 Å². The predicted octanol–water partition coefficient (Wildman–Crippen LogP) is 3.86. The zero-order valence-corrected chi connectivity index (χ0v) is 13.0. The van der Waals surface area contributed by atoms with E-state index in [0.29, 0.717) is 17.0 Å². The van der Waals surface area contributed by atoms with Crippen LogP contribution in [0.3, 0.4) is 0 Å². The summed E-state index contributed by atoms with van der Waals surface area (Å²) in [6.07, 6.45) is 3.05. The smallest absolute Gasteiger partial charge is 0.340 e. The fourth-order valence-electron chi connectivity index (χ4n) is 1.84. The second-order valence-electron chi connectivity index (χ2n) is 4.50. The van der Waals surface area contributed by atoms with Gasteiger partial charge in [-0.3, -0.25) is 4.98 Å². The molecule has 0 fully saturated rings. The summed E-state index contributed by atoms with van der Waals surface area (Å²) < 4.78 is 11.3. The van der Waals surface area contributed by atoms with Crippen LogP contribution < -0.4 is 0 Å². The SMILES string of the molecule is O=C(OCc1cc(-c2ccc(Br)cc2)no1)c1cccnc1. The first-order valence-electron chi connectivity index (χ1n) is 6.51. The van der Waals surface area contributed by atoms with Gasteiger partial charge in [0.2, 0.25) is 0 Å². The maximum Gasteiger partial charge on any atom is 0.340 e. The van der Waals surface area contributed by atoms with E-state index < -0.39 is 5.97 Å². The number of hydrogen-bond donors (Lipinski definition) is 0. The molecule has 110 valence electrons. The second-order valence-corrected chi connectivity index (χ2v) is 5.42. The van der Waals surface area contributed by atoms with Gasteiger partial charge in [0.15, 0.2) is 12.4 Å². The van der Waals surface area contributed by atoms with Crippen LogP contribution in [0.2, 0.25) is 0 Å². The Kier molecular flexibility index (Phi) is 4.29. The number of pyridine rings is 1. The Morgan fingerprint density at radius 2 is 2.05 bits per heavy atom. The Balaban J connectivity index is 1.65. The lowest BCUT2D eigenvalue weighted by Gasteiger charge is -2.00. The molecule has 0 spiro atoms. The summed E-state index contributed by atoms with van der Waals surface area (Å²) in [4.78, 5) is 15.7. The molecule has 0 bridgehead atoms. The third kappa shape index (κ3) is 3.40. The molecule has 0 unspecified atom stereocenters. The zero-order chi connectivity index (χ0) is 15.4. The molecule has 2 aromatic heterocycles. The van der Waals surface area contributed by atoms with Crippen molar-refractivity contribution in [2.75, 3.05) is 0 Å². The van der Waals surface area contributed by atoms with Gasteiger partial charge in [-0.1, -0.05) is 33.2 Å². The lowest BCUT2D eigenvalue weighted by molar-refractivity contribution is 0.0437. The van der Waals surface area contributed by atoms with Gasteiger partial charge >= 0.3 is 5.97 Å². The Morgan fingerprint density at radius 3 is 2.77 bits per heavy atom. The van der Waals surface area contributed by atoms with Gasteiger partial charge in [0.05, 0.1) is 5.56 Å². The largest absolute Gasteiger partial charge is 0.454 e. The third-order valence-electron chi connectivity index (χ3n) is 2.94. The van der Waals surface area contributed by atoms with Gasteiger partial charge in [-0.25, -0.2) is 4.79 Å². The number of rotatable bonds is 4. The van der Waals surface area contributed by atoms with Crippen LogP contribution in [0.5, 0.6) is 0 Å². The topological polar surface area (TPSA) is 65.2 Å². The van der Waals surface area contributed by atoms with Crippen molar-refractivity contribution in [2.24, 2.45) is 0 Å². The molecular formula is C16H11BrN2O3. The molecule has 3 rings (SSSR count). The van der Waals surface area contributed by atoms with Crippen molar-refractivity contribution in [1.29, 1.82) is 0 Å². The first-order valence-corrected chi connectivity index (χ1v) is 7.30. The van der Waals surface area contributed by atoms with E-state index in [4.69, 9.17) is 9.26 Å². The van der Waals surface area contributed by atoms with Crippen molar-refractivity contribution in [3.05, 3.63) is 70.7 Å². The van der Waals surface area contributed by atoms with Crippen LogP contribution in [-0.4, -0.2) is 16.1 Å². The summed E-state index contributed by atoms with van der Waals surface area (Å²) in [5, 5.41) is 3.97. The minimum atomic E-state index is -0.449. The van der Waals surface area contributed by atoms with Crippen LogP contribution in [-0.2, 0) is 11.3 Å². The third-order valence-corrected chi connectivity index (χ3v) is 3.47. The van der Waals surface area contributed by atoms with Crippen LogP contribution >= 0.6 is 15.9 Å². The average Bonchev–Trinajstić information content (AvgIpc) is 3.03. The fraction of sp³-hybridized carbons (Fsp3) is 0.0625. The maximum absolute atomic E-state index is 11.8. The van der Waals surface area contributed by atoms with Gasteiger partial charge in [0.1, 0.15) is 5.69 Å². The summed E-state index contributed by atoms with van der Waals surface area (Å²) in [5.74, 6) is 0.0323. The van der Waals surface area contributed by atoms with Crippen LogP contribution in [0.4, 0.5) is 0 Å². The van der Waals surface area contributed by atoms with E-state index in [0.717, 1.165) is 10.0 Å². The molecule has 0 N–H and O–H groups in total.